The Kier molecular flexibility index (Phi) is 3.17. The summed E-state index contributed by atoms with van der Waals surface area (Å²) in [4.78, 5) is 3.46. The van der Waals surface area contributed by atoms with Crippen LogP contribution in [0, 0.1) is 0 Å². The molecule has 14 heavy (non-hydrogen) atoms. The Balaban J connectivity index is 3.35. The second-order valence-electron chi connectivity index (χ2n) is 2.41. The van der Waals surface area contributed by atoms with Crippen LogP contribution in [0.2, 0.25) is 0 Å². The molecule has 0 radical (unpaired) electrons. The number of primary sulfonamides is 1. The molecule has 1 rings (SSSR count). The summed E-state index contributed by atoms with van der Waals surface area (Å²) in [5, 5.41) is 4.16. The van der Waals surface area contributed by atoms with Gasteiger partial charge < -0.3 is 0 Å². The Hall–Kier alpha value is -0.600. The van der Waals surface area contributed by atoms with Crippen molar-refractivity contribution in [2.24, 2.45) is 5.14 Å². The highest BCUT2D eigenvalue weighted by Gasteiger charge is 2.16. The molecule has 0 aromatic carbocycles. The molecule has 0 saturated heterocycles. The summed E-state index contributed by atoms with van der Waals surface area (Å²) in [6.07, 6.45) is -2.77. The highest BCUT2D eigenvalue weighted by atomic mass is 79.9. The number of halogens is 3. The van der Waals surface area contributed by atoms with Crippen molar-refractivity contribution in [1.29, 1.82) is 0 Å². The lowest BCUT2D eigenvalue weighted by Crippen LogP contribution is -2.14. The van der Waals surface area contributed by atoms with E-state index < -0.39 is 27.0 Å². The van der Waals surface area contributed by atoms with Gasteiger partial charge in [0.15, 0.2) is 5.03 Å². The molecule has 0 unspecified atom stereocenters. The van der Waals surface area contributed by atoms with E-state index in [4.69, 9.17) is 5.14 Å². The molecule has 0 atom stereocenters. The van der Waals surface area contributed by atoms with Crippen LogP contribution in [0.3, 0.4) is 0 Å². The van der Waals surface area contributed by atoms with Crippen molar-refractivity contribution in [1.82, 2.24) is 4.98 Å². The zero-order valence-corrected chi connectivity index (χ0v) is 9.02. The number of hydrogen-bond donors (Lipinski definition) is 1. The molecule has 0 bridgehead atoms. The Bertz CT molecular complexity index is 449. The molecule has 0 aliphatic heterocycles. The topological polar surface area (TPSA) is 73.1 Å². The zero-order chi connectivity index (χ0) is 10.9. The second kappa shape index (κ2) is 3.87. The first kappa shape index (κ1) is 11.5. The van der Waals surface area contributed by atoms with Crippen molar-refractivity contribution >= 4 is 26.0 Å². The first-order valence-electron chi connectivity index (χ1n) is 3.29. The molecule has 78 valence electrons. The smallest absolute Gasteiger partial charge is 0.228 e. The number of nitrogens with zero attached hydrogens (tertiary/aromatic N) is 1. The molecule has 2 N–H and O–H groups in total. The van der Waals surface area contributed by atoms with Crippen LogP contribution in [0.25, 0.3) is 0 Å². The first-order chi connectivity index (χ1) is 6.30. The lowest BCUT2D eigenvalue weighted by atomic mass is 10.3. The van der Waals surface area contributed by atoms with Crippen LogP contribution in [-0.2, 0) is 10.0 Å². The van der Waals surface area contributed by atoms with Gasteiger partial charge in [-0.05, 0) is 28.1 Å². The largest absolute Gasteiger partial charge is 0.264 e. The van der Waals surface area contributed by atoms with E-state index in [1.54, 1.807) is 0 Å². The summed E-state index contributed by atoms with van der Waals surface area (Å²) in [6, 6.07) is 1.77. The Labute approximate surface area is 87.3 Å². The maximum absolute atomic E-state index is 12.2. The molecule has 4 nitrogen and oxygen atoms in total. The molecule has 1 aromatic rings. The average Bonchev–Trinajstić information content (AvgIpc) is 2.01. The molecule has 0 aliphatic rings. The third kappa shape index (κ3) is 2.69. The molecule has 8 heteroatoms. The monoisotopic (exact) mass is 286 g/mol. The minimum absolute atomic E-state index is 0.000625. The molecule has 0 amide bonds. The summed E-state index contributed by atoms with van der Waals surface area (Å²) in [6.45, 7) is 0. The van der Waals surface area contributed by atoms with Gasteiger partial charge in [-0.2, -0.15) is 0 Å². The Morgan fingerprint density at radius 1 is 1.43 bits per heavy atom. The van der Waals surface area contributed by atoms with Crippen LogP contribution >= 0.6 is 15.9 Å². The molecule has 0 spiro atoms. The average molecular weight is 287 g/mol. The number of pyridine rings is 1. The SMILES string of the molecule is NS(=O)(=O)c1cc(C(F)F)cc(Br)n1. The van der Waals surface area contributed by atoms with Crippen LogP contribution < -0.4 is 5.14 Å². The third-order valence-electron chi connectivity index (χ3n) is 1.34. The standard InChI is InChI=1S/C6H5BrF2N2O2S/c7-4-1-3(6(8)9)2-5(11-4)14(10,12)13/h1-2,6H,(H2,10,12,13). The van der Waals surface area contributed by atoms with Gasteiger partial charge in [-0.1, -0.05) is 0 Å². The predicted octanol–water partition coefficient (Wildman–Crippen LogP) is 1.43. The fourth-order valence-electron chi connectivity index (χ4n) is 0.763. The van der Waals surface area contributed by atoms with Crippen LogP contribution in [0.1, 0.15) is 12.0 Å². The maximum Gasteiger partial charge on any atom is 0.264 e. The summed E-state index contributed by atoms with van der Waals surface area (Å²) in [7, 11) is -4.06. The molecule has 1 aromatic heterocycles. The third-order valence-corrected chi connectivity index (χ3v) is 2.53. The van der Waals surface area contributed by atoms with E-state index in [2.05, 4.69) is 20.9 Å². The Morgan fingerprint density at radius 2 is 2.00 bits per heavy atom. The van der Waals surface area contributed by atoms with Gasteiger partial charge in [-0.3, -0.25) is 0 Å². The van der Waals surface area contributed by atoms with Crippen molar-refractivity contribution < 1.29 is 17.2 Å². The van der Waals surface area contributed by atoms with E-state index in [1.165, 1.54) is 0 Å². The van der Waals surface area contributed by atoms with E-state index in [1.807, 2.05) is 0 Å². The lowest BCUT2D eigenvalue weighted by Gasteiger charge is -2.03. The summed E-state index contributed by atoms with van der Waals surface area (Å²) < 4.78 is 46.1. The van der Waals surface area contributed by atoms with Crippen molar-refractivity contribution in [3.8, 4) is 0 Å². The molecule has 1 heterocycles. The minimum Gasteiger partial charge on any atom is -0.228 e. The summed E-state index contributed by atoms with van der Waals surface area (Å²) in [5.74, 6) is 0. The zero-order valence-electron chi connectivity index (χ0n) is 6.62. The van der Waals surface area contributed by atoms with Gasteiger partial charge in [0, 0.05) is 5.56 Å². The number of rotatable bonds is 2. The van der Waals surface area contributed by atoms with Gasteiger partial charge in [-0.25, -0.2) is 27.3 Å². The molecule has 0 fully saturated rings. The van der Waals surface area contributed by atoms with Gasteiger partial charge in [-0.15, -0.1) is 0 Å². The fraction of sp³-hybridized carbons (Fsp3) is 0.167. The van der Waals surface area contributed by atoms with Crippen molar-refractivity contribution in [2.45, 2.75) is 11.5 Å². The van der Waals surface area contributed by atoms with Gasteiger partial charge in [0.2, 0.25) is 0 Å². The van der Waals surface area contributed by atoms with Gasteiger partial charge in [0.05, 0.1) is 0 Å². The molecular weight excluding hydrogens is 282 g/mol. The van der Waals surface area contributed by atoms with Crippen LogP contribution in [-0.4, -0.2) is 13.4 Å². The van der Waals surface area contributed by atoms with Crippen molar-refractivity contribution in [3.63, 3.8) is 0 Å². The van der Waals surface area contributed by atoms with Gasteiger partial charge >= 0.3 is 0 Å². The number of sulfonamides is 1. The van der Waals surface area contributed by atoms with Crippen molar-refractivity contribution in [2.75, 3.05) is 0 Å². The van der Waals surface area contributed by atoms with E-state index in [9.17, 15) is 17.2 Å². The number of alkyl halides is 2. The Morgan fingerprint density at radius 3 is 2.43 bits per heavy atom. The van der Waals surface area contributed by atoms with Crippen molar-refractivity contribution in [3.05, 3.63) is 22.3 Å². The number of hydrogen-bond acceptors (Lipinski definition) is 3. The van der Waals surface area contributed by atoms with Gasteiger partial charge in [0.25, 0.3) is 16.4 Å². The minimum atomic E-state index is -4.06. The first-order valence-corrected chi connectivity index (χ1v) is 5.63. The van der Waals surface area contributed by atoms with E-state index in [0.29, 0.717) is 0 Å². The summed E-state index contributed by atoms with van der Waals surface area (Å²) >= 11 is 2.81. The van der Waals surface area contributed by atoms with E-state index in [-0.39, 0.29) is 4.60 Å². The van der Waals surface area contributed by atoms with E-state index >= 15 is 0 Å². The quantitative estimate of drug-likeness (QED) is 0.836. The van der Waals surface area contributed by atoms with Crippen LogP contribution in [0.5, 0.6) is 0 Å². The highest BCUT2D eigenvalue weighted by Crippen LogP contribution is 2.23. The van der Waals surface area contributed by atoms with Crippen LogP contribution in [0.15, 0.2) is 21.8 Å². The maximum atomic E-state index is 12.2. The highest BCUT2D eigenvalue weighted by molar-refractivity contribution is 9.10. The molecular formula is C6H5BrF2N2O2S. The molecule has 0 saturated carbocycles. The van der Waals surface area contributed by atoms with Gasteiger partial charge in [0.1, 0.15) is 4.60 Å². The predicted molar refractivity (Wildman–Crippen MR) is 48.3 cm³/mol. The number of nitrogens with two attached hydrogens (primary N) is 1. The second-order valence-corrected chi connectivity index (χ2v) is 4.73. The van der Waals surface area contributed by atoms with E-state index in [0.717, 1.165) is 12.1 Å². The van der Waals surface area contributed by atoms with Crippen LogP contribution in [0.4, 0.5) is 8.78 Å². The lowest BCUT2D eigenvalue weighted by molar-refractivity contribution is 0.151. The molecule has 0 aliphatic carbocycles. The fourth-order valence-corrected chi connectivity index (χ4v) is 1.86. The normalized spacial score (nSPS) is 12.1. The number of aromatic nitrogens is 1. The summed E-state index contributed by atoms with van der Waals surface area (Å²) in [5.41, 5.74) is -0.448.